The van der Waals surface area contributed by atoms with E-state index in [0.717, 1.165) is 16.6 Å². The van der Waals surface area contributed by atoms with Crippen LogP contribution in [0.2, 0.25) is 0 Å². The van der Waals surface area contributed by atoms with Crippen molar-refractivity contribution in [2.45, 2.75) is 6.54 Å². The monoisotopic (exact) mass is 237 g/mol. The van der Waals surface area contributed by atoms with Crippen LogP contribution in [0.4, 0.5) is 0 Å². The zero-order valence-corrected chi connectivity index (χ0v) is 9.65. The second kappa shape index (κ2) is 4.41. The van der Waals surface area contributed by atoms with Crippen LogP contribution in [-0.2, 0) is 6.54 Å². The van der Waals surface area contributed by atoms with Gasteiger partial charge in [-0.3, -0.25) is 14.8 Å². The van der Waals surface area contributed by atoms with Gasteiger partial charge in [-0.25, -0.2) is 0 Å². The third-order valence-electron chi connectivity index (χ3n) is 2.79. The summed E-state index contributed by atoms with van der Waals surface area (Å²) in [4.78, 5) is 19.9. The van der Waals surface area contributed by atoms with Crippen molar-refractivity contribution in [3.05, 3.63) is 71.0 Å². The van der Waals surface area contributed by atoms with Crippen LogP contribution in [0.25, 0.3) is 10.9 Å². The van der Waals surface area contributed by atoms with Crippen LogP contribution in [0.3, 0.4) is 0 Å². The third kappa shape index (κ3) is 2.00. The molecule has 2 aromatic heterocycles. The van der Waals surface area contributed by atoms with E-state index in [9.17, 15) is 4.79 Å². The number of rotatable bonds is 2. The molecule has 88 valence electrons. The maximum atomic E-state index is 11.6. The maximum absolute atomic E-state index is 11.6. The number of benzene rings is 1. The minimum absolute atomic E-state index is 0.118. The highest BCUT2D eigenvalue weighted by Gasteiger charge is 2.00. The molecule has 0 fully saturated rings. The molecule has 3 aromatic rings. The Hall–Kier alpha value is -2.49. The molecule has 0 amide bonds. The van der Waals surface area contributed by atoms with Gasteiger partial charge in [-0.1, -0.05) is 24.3 Å². The summed E-state index contributed by atoms with van der Waals surface area (Å²) in [5.41, 5.74) is 1.69. The molecule has 0 N–H and O–H groups in total. The molecule has 2 heterocycles. The lowest BCUT2D eigenvalue weighted by Gasteiger charge is -2.05. The Kier molecular flexibility index (Phi) is 2.61. The quantitative estimate of drug-likeness (QED) is 0.683. The van der Waals surface area contributed by atoms with Gasteiger partial charge in [-0.2, -0.15) is 0 Å². The predicted octanol–water partition coefficient (Wildman–Crippen LogP) is 1.84. The molecule has 0 atom stereocenters. The van der Waals surface area contributed by atoms with Crippen molar-refractivity contribution in [2.24, 2.45) is 0 Å². The summed E-state index contributed by atoms with van der Waals surface area (Å²) in [6.45, 7) is 0.464. The van der Waals surface area contributed by atoms with Crippen molar-refractivity contribution < 1.29 is 0 Å². The normalized spacial score (nSPS) is 10.7. The van der Waals surface area contributed by atoms with Crippen molar-refractivity contribution in [3.63, 3.8) is 0 Å². The number of aromatic nitrogens is 3. The van der Waals surface area contributed by atoms with Crippen LogP contribution in [0.5, 0.6) is 0 Å². The SMILES string of the molecule is O=c1cnccn1Cc1ccc2ccccc2n1. The lowest BCUT2D eigenvalue weighted by Crippen LogP contribution is -2.19. The molecule has 0 saturated carbocycles. The second-order valence-corrected chi connectivity index (χ2v) is 4.04. The molecule has 0 aliphatic heterocycles. The van der Waals surface area contributed by atoms with E-state index in [4.69, 9.17) is 0 Å². The Balaban J connectivity index is 2.01. The highest BCUT2D eigenvalue weighted by molar-refractivity contribution is 5.78. The van der Waals surface area contributed by atoms with Gasteiger partial charge in [0.15, 0.2) is 0 Å². The van der Waals surface area contributed by atoms with Gasteiger partial charge in [0.2, 0.25) is 0 Å². The molecule has 3 rings (SSSR count). The summed E-state index contributed by atoms with van der Waals surface area (Å²) in [6, 6.07) is 11.9. The summed E-state index contributed by atoms with van der Waals surface area (Å²) in [5.74, 6) is 0. The van der Waals surface area contributed by atoms with Gasteiger partial charge in [0.25, 0.3) is 5.56 Å². The molecule has 4 heteroatoms. The van der Waals surface area contributed by atoms with Crippen molar-refractivity contribution in [1.29, 1.82) is 0 Å². The fourth-order valence-electron chi connectivity index (χ4n) is 1.87. The number of hydrogen-bond donors (Lipinski definition) is 0. The smallest absolute Gasteiger partial charge is 0.269 e. The molecule has 4 nitrogen and oxygen atoms in total. The van der Waals surface area contributed by atoms with Crippen LogP contribution in [0.1, 0.15) is 5.69 Å². The molecule has 0 bridgehead atoms. The van der Waals surface area contributed by atoms with E-state index < -0.39 is 0 Å². The van der Waals surface area contributed by atoms with Crippen molar-refractivity contribution >= 4 is 10.9 Å². The minimum Gasteiger partial charge on any atom is -0.307 e. The fourth-order valence-corrected chi connectivity index (χ4v) is 1.87. The zero-order chi connectivity index (χ0) is 12.4. The number of pyridine rings is 1. The highest BCUT2D eigenvalue weighted by atomic mass is 16.1. The summed E-state index contributed by atoms with van der Waals surface area (Å²) in [7, 11) is 0. The lowest BCUT2D eigenvalue weighted by molar-refractivity contribution is 0.732. The van der Waals surface area contributed by atoms with Gasteiger partial charge in [0, 0.05) is 17.8 Å². The molecule has 1 aromatic carbocycles. The van der Waals surface area contributed by atoms with Gasteiger partial charge in [0.1, 0.15) is 0 Å². The van der Waals surface area contributed by atoms with E-state index in [1.165, 1.54) is 6.20 Å². The largest absolute Gasteiger partial charge is 0.307 e. The van der Waals surface area contributed by atoms with E-state index in [1.54, 1.807) is 17.0 Å². The van der Waals surface area contributed by atoms with E-state index in [0.29, 0.717) is 6.54 Å². The van der Waals surface area contributed by atoms with Crippen molar-refractivity contribution in [1.82, 2.24) is 14.5 Å². The maximum Gasteiger partial charge on any atom is 0.269 e. The van der Waals surface area contributed by atoms with Crippen LogP contribution in [-0.4, -0.2) is 14.5 Å². The van der Waals surface area contributed by atoms with Crippen LogP contribution in [0, 0.1) is 0 Å². The Bertz CT molecular complexity index is 749. The molecule has 18 heavy (non-hydrogen) atoms. The number of para-hydroxylation sites is 1. The number of nitrogens with zero attached hydrogens (tertiary/aromatic N) is 3. The topological polar surface area (TPSA) is 47.8 Å². The second-order valence-electron chi connectivity index (χ2n) is 4.04. The Morgan fingerprint density at radius 1 is 1.11 bits per heavy atom. The van der Waals surface area contributed by atoms with Gasteiger partial charge in [-0.15, -0.1) is 0 Å². The van der Waals surface area contributed by atoms with Crippen LogP contribution < -0.4 is 5.56 Å². The zero-order valence-electron chi connectivity index (χ0n) is 9.65. The standard InChI is InChI=1S/C14H11N3O/c18-14-9-15-7-8-17(14)10-12-6-5-11-3-1-2-4-13(11)16-12/h1-9H,10H2. The average Bonchev–Trinajstić information content (AvgIpc) is 2.41. The number of hydrogen-bond acceptors (Lipinski definition) is 3. The lowest BCUT2D eigenvalue weighted by atomic mass is 10.2. The number of fused-ring (bicyclic) bond motifs is 1. The van der Waals surface area contributed by atoms with Crippen molar-refractivity contribution in [2.75, 3.05) is 0 Å². The van der Waals surface area contributed by atoms with Gasteiger partial charge < -0.3 is 4.57 Å². The Labute approximate surface area is 104 Å². The molecule has 0 saturated heterocycles. The van der Waals surface area contributed by atoms with Gasteiger partial charge >= 0.3 is 0 Å². The molecular weight excluding hydrogens is 226 g/mol. The molecule has 0 unspecified atom stereocenters. The van der Waals surface area contributed by atoms with E-state index in [2.05, 4.69) is 9.97 Å². The third-order valence-corrected chi connectivity index (χ3v) is 2.79. The highest BCUT2D eigenvalue weighted by Crippen LogP contribution is 2.11. The summed E-state index contributed by atoms with van der Waals surface area (Å²) >= 11 is 0. The Morgan fingerprint density at radius 3 is 2.89 bits per heavy atom. The van der Waals surface area contributed by atoms with E-state index in [1.807, 2.05) is 36.4 Å². The first kappa shape index (κ1) is 10.7. The first-order chi connectivity index (χ1) is 8.83. The molecule has 0 spiro atoms. The Morgan fingerprint density at radius 2 is 2.00 bits per heavy atom. The molecule has 0 aliphatic rings. The fraction of sp³-hybridized carbons (Fsp3) is 0.0714. The predicted molar refractivity (Wildman–Crippen MR) is 69.3 cm³/mol. The van der Waals surface area contributed by atoms with Crippen LogP contribution in [0.15, 0.2) is 59.8 Å². The van der Waals surface area contributed by atoms with Crippen LogP contribution >= 0.6 is 0 Å². The first-order valence-corrected chi connectivity index (χ1v) is 5.68. The average molecular weight is 237 g/mol. The van der Waals surface area contributed by atoms with E-state index >= 15 is 0 Å². The summed E-state index contributed by atoms with van der Waals surface area (Å²) < 4.78 is 1.59. The first-order valence-electron chi connectivity index (χ1n) is 5.68. The molecule has 0 radical (unpaired) electrons. The molecule has 0 aliphatic carbocycles. The van der Waals surface area contributed by atoms with Crippen molar-refractivity contribution in [3.8, 4) is 0 Å². The summed E-state index contributed by atoms with van der Waals surface area (Å²) in [5, 5.41) is 1.10. The molecular formula is C14H11N3O. The van der Waals surface area contributed by atoms with Gasteiger partial charge in [-0.05, 0) is 12.1 Å². The van der Waals surface area contributed by atoms with Gasteiger partial charge in [0.05, 0.1) is 24.0 Å². The minimum atomic E-state index is -0.118. The summed E-state index contributed by atoms with van der Waals surface area (Å²) in [6.07, 6.45) is 4.57. The van der Waals surface area contributed by atoms with E-state index in [-0.39, 0.29) is 5.56 Å².